The fraction of sp³-hybridized carbons (Fsp3) is 0.757. The van der Waals surface area contributed by atoms with Crippen LogP contribution < -0.4 is 0 Å². The Morgan fingerprint density at radius 3 is 0.516 bits per heavy atom. The molecule has 0 amide bonds. The minimum Gasteiger partial charge on any atom is -0.382 e. The molecule has 3 aromatic carbocycles. The first kappa shape index (κ1) is 93.9. The van der Waals surface area contributed by atoms with Crippen molar-refractivity contribution in [3.8, 4) is 0 Å². The van der Waals surface area contributed by atoms with E-state index in [0.29, 0.717) is 264 Å². The fourth-order valence-electron chi connectivity index (χ4n) is 8.72. The van der Waals surface area contributed by atoms with Crippen LogP contribution in [0.1, 0.15) is 95.0 Å². The normalized spacial score (nSPS) is 11.1. The van der Waals surface area contributed by atoms with E-state index in [1.165, 1.54) is 66.8 Å². The van der Waals surface area contributed by atoms with E-state index in [1.807, 2.05) is 0 Å². The lowest BCUT2D eigenvalue weighted by Gasteiger charge is -2.12. The van der Waals surface area contributed by atoms with Crippen molar-refractivity contribution in [2.75, 3.05) is 265 Å². The second kappa shape index (κ2) is 70.7. The van der Waals surface area contributed by atoms with E-state index in [4.69, 9.17) is 99.5 Å². The van der Waals surface area contributed by atoms with Crippen molar-refractivity contribution < 1.29 is 99.5 Å². The van der Waals surface area contributed by atoms with Crippen LogP contribution in [0.2, 0.25) is 0 Å². The minimum absolute atomic E-state index is 0. The molecule has 0 saturated heterocycles. The molecular formula is C74H134O21. The Morgan fingerprint density at radius 2 is 0.347 bits per heavy atom. The lowest BCUT2D eigenvalue weighted by atomic mass is 10.0. The first-order chi connectivity index (χ1) is 45.4. The van der Waals surface area contributed by atoms with Gasteiger partial charge >= 0.3 is 0 Å². The van der Waals surface area contributed by atoms with Crippen molar-refractivity contribution in [1.82, 2.24) is 0 Å². The molecule has 0 saturated carbocycles. The van der Waals surface area contributed by atoms with Gasteiger partial charge in [-0.2, -0.15) is 0 Å². The monoisotopic (exact) mass is 1360 g/mol. The van der Waals surface area contributed by atoms with Gasteiger partial charge in [0.05, 0.1) is 264 Å². The lowest BCUT2D eigenvalue weighted by molar-refractivity contribution is -0.0273. The van der Waals surface area contributed by atoms with Gasteiger partial charge in [-0.15, -0.1) is 0 Å². The minimum atomic E-state index is 0. The van der Waals surface area contributed by atoms with Crippen molar-refractivity contribution in [3.63, 3.8) is 0 Å². The molecule has 0 radical (unpaired) electrons. The molecule has 556 valence electrons. The van der Waals surface area contributed by atoms with Crippen LogP contribution in [0.4, 0.5) is 0 Å². The maximum Gasteiger partial charge on any atom is 0.0723 e. The molecule has 0 fully saturated rings. The zero-order valence-corrected chi connectivity index (χ0v) is 59.7. The Labute approximate surface area is 575 Å². The molecule has 0 atom stereocenters. The van der Waals surface area contributed by atoms with Crippen molar-refractivity contribution in [1.29, 1.82) is 0 Å². The first-order valence-corrected chi connectivity index (χ1v) is 33.6. The number of aryl methyl sites for hydroxylation is 9. The summed E-state index contributed by atoms with van der Waals surface area (Å²) in [5.74, 6) is 0. The Hall–Kier alpha value is -3.18. The number of hydrogen-bond donors (Lipinski definition) is 0. The number of rotatable bonds is 63. The predicted octanol–water partition coefficient (Wildman–Crippen LogP) is 10.8. The third-order valence-corrected chi connectivity index (χ3v) is 13.7. The second-order valence-electron chi connectivity index (χ2n) is 21.9. The summed E-state index contributed by atoms with van der Waals surface area (Å²) in [6.07, 6.45) is 1.03. The molecule has 95 heavy (non-hydrogen) atoms. The van der Waals surface area contributed by atoms with Crippen molar-refractivity contribution in [2.45, 2.75) is 111 Å². The molecule has 3 rings (SSSR count). The van der Waals surface area contributed by atoms with E-state index < -0.39 is 0 Å². The Balaban J connectivity index is 0. The van der Waals surface area contributed by atoms with Crippen LogP contribution >= 0.6 is 0 Å². The molecule has 21 heteroatoms. The molecule has 0 heterocycles. The smallest absolute Gasteiger partial charge is 0.0723 e. The molecule has 21 nitrogen and oxygen atoms in total. The SMILES string of the molecule is C.C.CCCOCCOCCOCCOCCOCCOCCOCCOCCOCCOCc1c(C)cc(C)cc1C.COCCOCCOCCOCCOCCOCCOCCOCCOCCOCCOCc1c(C)cc(C)cc1C.Cc1cc(C)c(C)c(C)c1. The molecule has 0 aliphatic rings. The van der Waals surface area contributed by atoms with Crippen LogP contribution in [0.5, 0.6) is 0 Å². The van der Waals surface area contributed by atoms with E-state index in [9.17, 15) is 0 Å². The summed E-state index contributed by atoms with van der Waals surface area (Å²) in [4.78, 5) is 0. The Morgan fingerprint density at radius 1 is 0.200 bits per heavy atom. The van der Waals surface area contributed by atoms with Gasteiger partial charge in [0.1, 0.15) is 0 Å². The van der Waals surface area contributed by atoms with Crippen LogP contribution in [0, 0.1) is 69.2 Å². The Kier molecular flexibility index (Phi) is 69.8. The molecule has 3 aromatic rings. The number of methoxy groups -OCH3 is 1. The van der Waals surface area contributed by atoms with Gasteiger partial charge in [0.2, 0.25) is 0 Å². The van der Waals surface area contributed by atoms with Gasteiger partial charge in [-0.05, 0) is 126 Å². The van der Waals surface area contributed by atoms with Gasteiger partial charge in [-0.25, -0.2) is 0 Å². The molecule has 0 aliphatic heterocycles. The lowest BCUT2D eigenvalue weighted by Crippen LogP contribution is -2.15. The molecule has 0 aromatic heterocycles. The fourth-order valence-corrected chi connectivity index (χ4v) is 8.72. The van der Waals surface area contributed by atoms with Crippen molar-refractivity contribution in [3.05, 3.63) is 103 Å². The van der Waals surface area contributed by atoms with Crippen molar-refractivity contribution >= 4 is 0 Å². The number of hydrogen-bond acceptors (Lipinski definition) is 21. The van der Waals surface area contributed by atoms with Gasteiger partial charge < -0.3 is 99.5 Å². The summed E-state index contributed by atoms with van der Waals surface area (Å²) in [5.41, 5.74) is 15.8. The summed E-state index contributed by atoms with van der Waals surface area (Å²) in [7, 11) is 1.65. The van der Waals surface area contributed by atoms with Crippen LogP contribution in [0.15, 0.2) is 36.4 Å². The van der Waals surface area contributed by atoms with E-state index in [-0.39, 0.29) is 14.9 Å². The van der Waals surface area contributed by atoms with Crippen LogP contribution in [-0.4, -0.2) is 265 Å². The first-order valence-electron chi connectivity index (χ1n) is 33.6. The summed E-state index contributed by atoms with van der Waals surface area (Å²) in [6, 6.07) is 13.2. The van der Waals surface area contributed by atoms with Gasteiger partial charge in [-0.3, -0.25) is 0 Å². The van der Waals surface area contributed by atoms with E-state index in [0.717, 1.165) is 13.0 Å². The second-order valence-corrected chi connectivity index (χ2v) is 21.9. The predicted molar refractivity (Wildman–Crippen MR) is 376 cm³/mol. The highest BCUT2D eigenvalue weighted by atomic mass is 16.6. The summed E-state index contributed by atoms with van der Waals surface area (Å²) >= 11 is 0. The standard InChI is InChI=1S/C31H56O11.C31H56O10.C10H14.2CH4/c1-28-25-29(2)31(30(3)26-28)27-42-24-23-41-22-21-40-20-19-39-18-17-38-16-15-37-14-13-36-12-11-35-10-9-34-8-7-33-6-5-32-4;1-5-6-32-7-8-33-9-10-34-11-12-35-13-14-36-15-16-37-17-18-38-19-20-39-21-22-40-23-24-41-27-31-29(3)25-28(2)26-30(31)4;1-7-5-8(2)10(4)9(3)6-7;;/h25-26H,5-24,27H2,1-4H3;25-26H,5-24,27H2,1-4H3;5-6H,1-4H3;2*1H4. The molecule has 0 aliphatic carbocycles. The quantitative estimate of drug-likeness (QED) is 0.0484. The van der Waals surface area contributed by atoms with Gasteiger partial charge in [0.25, 0.3) is 0 Å². The third-order valence-electron chi connectivity index (χ3n) is 13.7. The van der Waals surface area contributed by atoms with Crippen LogP contribution in [-0.2, 0) is 113 Å². The van der Waals surface area contributed by atoms with Crippen LogP contribution in [0.3, 0.4) is 0 Å². The topological polar surface area (TPSA) is 194 Å². The maximum absolute atomic E-state index is 5.76. The summed E-state index contributed by atoms with van der Waals surface area (Å²) in [5, 5.41) is 0. The van der Waals surface area contributed by atoms with E-state index in [1.54, 1.807) is 7.11 Å². The summed E-state index contributed by atoms with van der Waals surface area (Å²) < 4.78 is 115. The third kappa shape index (κ3) is 59.4. The molecule has 0 spiro atoms. The van der Waals surface area contributed by atoms with E-state index >= 15 is 0 Å². The zero-order valence-electron chi connectivity index (χ0n) is 59.7. The molecule has 0 unspecified atom stereocenters. The Bertz CT molecular complexity index is 2050. The largest absolute Gasteiger partial charge is 0.382 e. The van der Waals surface area contributed by atoms with Gasteiger partial charge in [0.15, 0.2) is 0 Å². The average molecular weight is 1360 g/mol. The summed E-state index contributed by atoms with van der Waals surface area (Å²) in [6.45, 7) is 46.1. The average Bonchev–Trinajstić information content (AvgIpc) is 0.948. The number of benzene rings is 3. The van der Waals surface area contributed by atoms with Crippen molar-refractivity contribution in [2.24, 2.45) is 0 Å². The van der Waals surface area contributed by atoms with Gasteiger partial charge in [0, 0.05) is 13.7 Å². The molecular weight excluding hydrogens is 1220 g/mol. The highest BCUT2D eigenvalue weighted by Crippen LogP contribution is 2.19. The highest BCUT2D eigenvalue weighted by molar-refractivity contribution is 5.38. The highest BCUT2D eigenvalue weighted by Gasteiger charge is 2.07. The molecule has 0 N–H and O–H groups in total. The number of ether oxygens (including phenoxy) is 21. The maximum atomic E-state index is 5.76. The van der Waals surface area contributed by atoms with Gasteiger partial charge in [-0.1, -0.05) is 74.9 Å². The zero-order chi connectivity index (χ0) is 67.7. The van der Waals surface area contributed by atoms with E-state index in [2.05, 4.69) is 113 Å². The molecule has 0 bridgehead atoms. The van der Waals surface area contributed by atoms with Crippen LogP contribution in [0.25, 0.3) is 0 Å².